The van der Waals surface area contributed by atoms with Crippen LogP contribution in [0.1, 0.15) is 45.7 Å². The van der Waals surface area contributed by atoms with Crippen molar-refractivity contribution in [1.29, 1.82) is 0 Å². The van der Waals surface area contributed by atoms with Crippen LogP contribution in [0, 0.1) is 5.92 Å². The number of carbonyl (C=O) groups is 4. The van der Waals surface area contributed by atoms with Gasteiger partial charge in [0.2, 0.25) is 17.7 Å². The van der Waals surface area contributed by atoms with Crippen molar-refractivity contribution in [3.8, 4) is 0 Å². The van der Waals surface area contributed by atoms with Crippen molar-refractivity contribution in [2.75, 3.05) is 6.54 Å². The molecule has 11 nitrogen and oxygen atoms in total. The lowest BCUT2D eigenvalue weighted by Crippen LogP contribution is -2.57. The van der Waals surface area contributed by atoms with Gasteiger partial charge in [-0.2, -0.15) is 0 Å². The van der Waals surface area contributed by atoms with Gasteiger partial charge in [-0.15, -0.1) is 0 Å². The van der Waals surface area contributed by atoms with E-state index in [1.54, 1.807) is 13.8 Å². The Morgan fingerprint density at radius 3 is 2.58 bits per heavy atom. The number of carboxylic acid groups (broad SMARTS) is 1. The first-order valence-corrected chi connectivity index (χ1v) is 10.5. The Labute approximate surface area is 181 Å². The molecule has 1 aromatic heterocycles. The molecule has 5 atom stereocenters. The molecule has 0 spiro atoms. The predicted octanol–water partition coefficient (Wildman–Crippen LogP) is -0.609. The fourth-order valence-electron chi connectivity index (χ4n) is 3.60. The van der Waals surface area contributed by atoms with Gasteiger partial charge < -0.3 is 31.4 Å². The molecule has 1 fully saturated rings. The summed E-state index contributed by atoms with van der Waals surface area (Å²) in [4.78, 5) is 58.1. The maximum atomic E-state index is 13.0. The van der Waals surface area contributed by atoms with Gasteiger partial charge in [-0.3, -0.25) is 14.4 Å². The van der Waals surface area contributed by atoms with Crippen molar-refractivity contribution in [1.82, 2.24) is 25.5 Å². The van der Waals surface area contributed by atoms with Crippen LogP contribution in [0.4, 0.5) is 0 Å². The first-order chi connectivity index (χ1) is 14.6. The van der Waals surface area contributed by atoms with Gasteiger partial charge in [0.25, 0.3) is 0 Å². The molecular weight excluding hydrogens is 404 g/mol. The first kappa shape index (κ1) is 24.3. The fourth-order valence-corrected chi connectivity index (χ4v) is 3.60. The zero-order valence-corrected chi connectivity index (χ0v) is 18.1. The topological polar surface area (TPSA) is 171 Å². The van der Waals surface area contributed by atoms with Crippen molar-refractivity contribution < 1.29 is 24.3 Å². The van der Waals surface area contributed by atoms with Crippen LogP contribution in [0.5, 0.6) is 0 Å². The van der Waals surface area contributed by atoms with E-state index in [1.807, 2.05) is 6.92 Å². The van der Waals surface area contributed by atoms with Crippen molar-refractivity contribution in [2.24, 2.45) is 11.7 Å². The number of aromatic amines is 1. The number of amides is 3. The SMILES string of the molecule is CCC(C)C(NC(=O)C(Cc1cnc[nH]1)NC(=O)C1CCCN1C(=O)C(C)N)C(=O)O. The van der Waals surface area contributed by atoms with Crippen LogP contribution in [0.2, 0.25) is 0 Å². The molecule has 0 saturated carbocycles. The third-order valence-electron chi connectivity index (χ3n) is 5.62. The Bertz CT molecular complexity index is 781. The molecule has 2 heterocycles. The maximum Gasteiger partial charge on any atom is 0.326 e. The Balaban J connectivity index is 2.17. The normalized spacial score (nSPS) is 19.9. The molecule has 6 N–H and O–H groups in total. The van der Waals surface area contributed by atoms with Crippen LogP contribution >= 0.6 is 0 Å². The number of nitrogens with one attached hydrogen (secondary N) is 3. The first-order valence-electron chi connectivity index (χ1n) is 10.5. The van der Waals surface area contributed by atoms with E-state index in [-0.39, 0.29) is 18.2 Å². The Kier molecular flexibility index (Phi) is 8.55. The molecule has 0 aromatic carbocycles. The fraction of sp³-hybridized carbons (Fsp3) is 0.650. The average molecular weight is 437 g/mol. The number of nitrogens with two attached hydrogens (primary N) is 1. The van der Waals surface area contributed by atoms with E-state index >= 15 is 0 Å². The summed E-state index contributed by atoms with van der Waals surface area (Å²) >= 11 is 0. The smallest absolute Gasteiger partial charge is 0.326 e. The van der Waals surface area contributed by atoms with E-state index in [0.717, 1.165) is 0 Å². The maximum absolute atomic E-state index is 13.0. The van der Waals surface area contributed by atoms with Crippen LogP contribution in [0.15, 0.2) is 12.5 Å². The highest BCUT2D eigenvalue weighted by atomic mass is 16.4. The molecule has 0 bridgehead atoms. The molecule has 11 heteroatoms. The number of likely N-dealkylation sites (tertiary alicyclic amines) is 1. The highest BCUT2D eigenvalue weighted by Gasteiger charge is 2.37. The molecular formula is C20H32N6O5. The van der Waals surface area contributed by atoms with E-state index in [0.29, 0.717) is 31.5 Å². The summed E-state index contributed by atoms with van der Waals surface area (Å²) in [5.74, 6) is -2.84. The third-order valence-corrected chi connectivity index (χ3v) is 5.62. The van der Waals surface area contributed by atoms with Crippen LogP contribution < -0.4 is 16.4 Å². The van der Waals surface area contributed by atoms with Crippen LogP contribution in [0.3, 0.4) is 0 Å². The average Bonchev–Trinajstić information content (AvgIpc) is 3.41. The van der Waals surface area contributed by atoms with Gasteiger partial charge in [-0.1, -0.05) is 20.3 Å². The Hall–Kier alpha value is -2.95. The summed E-state index contributed by atoms with van der Waals surface area (Å²) in [5.41, 5.74) is 6.29. The van der Waals surface area contributed by atoms with Crippen molar-refractivity contribution in [3.63, 3.8) is 0 Å². The lowest BCUT2D eigenvalue weighted by Gasteiger charge is -2.28. The summed E-state index contributed by atoms with van der Waals surface area (Å²) in [7, 11) is 0. The largest absolute Gasteiger partial charge is 0.480 e. The molecule has 0 aliphatic carbocycles. The monoisotopic (exact) mass is 436 g/mol. The molecule has 1 aliphatic heterocycles. The number of carboxylic acids is 1. The van der Waals surface area contributed by atoms with Gasteiger partial charge in [0.15, 0.2) is 0 Å². The zero-order valence-electron chi connectivity index (χ0n) is 18.1. The number of aliphatic carboxylic acids is 1. The van der Waals surface area contributed by atoms with Crippen molar-refractivity contribution >= 4 is 23.7 Å². The minimum absolute atomic E-state index is 0.0956. The molecule has 5 unspecified atom stereocenters. The molecule has 1 aromatic rings. The number of rotatable bonds is 10. The van der Waals surface area contributed by atoms with Gasteiger partial charge in [-0.25, -0.2) is 9.78 Å². The molecule has 172 valence electrons. The summed E-state index contributed by atoms with van der Waals surface area (Å²) in [6.45, 7) is 5.55. The van der Waals surface area contributed by atoms with E-state index < -0.39 is 42.0 Å². The molecule has 1 aliphatic rings. The lowest BCUT2D eigenvalue weighted by molar-refractivity contribution is -0.144. The minimum atomic E-state index is -1.14. The Morgan fingerprint density at radius 2 is 2.03 bits per heavy atom. The van der Waals surface area contributed by atoms with Crippen molar-refractivity contribution in [3.05, 3.63) is 18.2 Å². The van der Waals surface area contributed by atoms with E-state index in [2.05, 4.69) is 20.6 Å². The van der Waals surface area contributed by atoms with E-state index in [1.165, 1.54) is 17.4 Å². The van der Waals surface area contributed by atoms with Crippen LogP contribution in [-0.2, 0) is 25.6 Å². The van der Waals surface area contributed by atoms with Crippen LogP contribution in [-0.4, -0.2) is 74.4 Å². The molecule has 31 heavy (non-hydrogen) atoms. The summed E-state index contributed by atoms with van der Waals surface area (Å²) in [6, 6.07) is -3.57. The number of hydrogen-bond acceptors (Lipinski definition) is 6. The van der Waals surface area contributed by atoms with Gasteiger partial charge >= 0.3 is 5.97 Å². The van der Waals surface area contributed by atoms with Gasteiger partial charge in [0, 0.05) is 24.9 Å². The van der Waals surface area contributed by atoms with Gasteiger partial charge in [-0.05, 0) is 25.7 Å². The quantitative estimate of drug-likeness (QED) is 0.326. The second-order valence-corrected chi connectivity index (χ2v) is 8.03. The highest BCUT2D eigenvalue weighted by Crippen LogP contribution is 2.19. The second kappa shape index (κ2) is 10.9. The molecule has 3 amide bonds. The number of nitrogens with zero attached hydrogens (tertiary/aromatic N) is 2. The highest BCUT2D eigenvalue weighted by molar-refractivity contribution is 5.94. The number of hydrogen-bond donors (Lipinski definition) is 5. The summed E-state index contributed by atoms with van der Waals surface area (Å²) in [5, 5.41) is 14.7. The molecule has 0 radical (unpaired) electrons. The van der Waals surface area contributed by atoms with E-state index in [9.17, 15) is 24.3 Å². The minimum Gasteiger partial charge on any atom is -0.480 e. The third kappa shape index (κ3) is 6.27. The van der Waals surface area contributed by atoms with Gasteiger partial charge in [0.1, 0.15) is 18.1 Å². The lowest BCUT2D eigenvalue weighted by atomic mass is 9.98. The van der Waals surface area contributed by atoms with Gasteiger partial charge in [0.05, 0.1) is 12.4 Å². The summed E-state index contributed by atoms with van der Waals surface area (Å²) < 4.78 is 0. The molecule has 1 saturated heterocycles. The van der Waals surface area contributed by atoms with Crippen molar-refractivity contribution in [2.45, 2.75) is 70.6 Å². The summed E-state index contributed by atoms with van der Waals surface area (Å²) in [6.07, 6.45) is 4.75. The molecule has 2 rings (SSSR count). The Morgan fingerprint density at radius 1 is 1.32 bits per heavy atom. The van der Waals surface area contributed by atoms with E-state index in [4.69, 9.17) is 5.73 Å². The second-order valence-electron chi connectivity index (χ2n) is 8.03. The predicted molar refractivity (Wildman–Crippen MR) is 112 cm³/mol. The number of aromatic nitrogens is 2. The number of H-pyrrole nitrogens is 1. The number of imidazole rings is 1. The standard InChI is InChI=1S/C20H32N6O5/c1-4-11(2)16(20(30)31)25-17(27)14(8-13-9-22-10-23-13)24-18(28)15-6-5-7-26(15)19(29)12(3)21/h9-12,14-16H,4-8,21H2,1-3H3,(H,22,23)(H,24,28)(H,25,27)(H,30,31). The number of carbonyl (C=O) groups excluding carboxylic acids is 3. The zero-order chi connectivity index (χ0) is 23.1. The van der Waals surface area contributed by atoms with Crippen LogP contribution in [0.25, 0.3) is 0 Å².